The van der Waals surface area contributed by atoms with E-state index in [0.717, 1.165) is 47.1 Å². The van der Waals surface area contributed by atoms with Crippen molar-refractivity contribution < 1.29 is 4.79 Å². The van der Waals surface area contributed by atoms with Gasteiger partial charge in [-0.1, -0.05) is 15.9 Å². The average molecular weight is 414 g/mol. The number of carbonyl (C=O) groups excluding carboxylic acids is 1. The van der Waals surface area contributed by atoms with E-state index in [0.29, 0.717) is 12.2 Å². The Morgan fingerprint density at radius 2 is 2.00 bits per heavy atom. The van der Waals surface area contributed by atoms with Crippen LogP contribution in [0.3, 0.4) is 0 Å². The minimum atomic E-state index is -0.128. The van der Waals surface area contributed by atoms with Crippen molar-refractivity contribution in [2.45, 2.75) is 38.6 Å². The molecule has 1 aromatic carbocycles. The normalized spacial score (nSPS) is 14.5. The van der Waals surface area contributed by atoms with Crippen LogP contribution in [0.15, 0.2) is 28.7 Å². The number of rotatable bonds is 4. The molecule has 2 aromatic rings. The van der Waals surface area contributed by atoms with Crippen molar-refractivity contribution in [2.24, 2.45) is 5.73 Å². The maximum absolute atomic E-state index is 12.5. The Morgan fingerprint density at radius 1 is 1.33 bits per heavy atom. The number of halogens is 2. The number of hydrogen-bond acceptors (Lipinski definition) is 3. The Morgan fingerprint density at radius 3 is 2.67 bits per heavy atom. The fourth-order valence-corrected chi connectivity index (χ4v) is 3.19. The van der Waals surface area contributed by atoms with Gasteiger partial charge < -0.3 is 11.1 Å². The lowest BCUT2D eigenvalue weighted by Gasteiger charge is -2.15. The van der Waals surface area contributed by atoms with Gasteiger partial charge in [-0.3, -0.25) is 4.79 Å². The first kappa shape index (κ1) is 19.0. The van der Waals surface area contributed by atoms with Gasteiger partial charge in [-0.05, 0) is 56.9 Å². The van der Waals surface area contributed by atoms with Crippen molar-refractivity contribution in [3.8, 4) is 5.69 Å². The predicted molar refractivity (Wildman–Crippen MR) is 101 cm³/mol. The van der Waals surface area contributed by atoms with Crippen LogP contribution in [0, 0.1) is 0 Å². The van der Waals surface area contributed by atoms with Crippen LogP contribution < -0.4 is 11.1 Å². The molecule has 24 heavy (non-hydrogen) atoms. The molecule has 0 aliphatic heterocycles. The first-order valence-corrected chi connectivity index (χ1v) is 8.77. The van der Waals surface area contributed by atoms with E-state index >= 15 is 0 Å². The van der Waals surface area contributed by atoms with E-state index in [1.54, 1.807) is 0 Å². The molecule has 0 saturated heterocycles. The predicted octanol–water partition coefficient (Wildman–Crippen LogP) is 3.01. The second kappa shape index (κ2) is 8.14. The molecule has 1 atom stereocenters. The fourth-order valence-electron chi connectivity index (χ4n) is 2.93. The van der Waals surface area contributed by atoms with Crippen LogP contribution in [-0.4, -0.2) is 28.3 Å². The van der Waals surface area contributed by atoms with Gasteiger partial charge in [-0.25, -0.2) is 4.68 Å². The molecule has 0 saturated carbocycles. The summed E-state index contributed by atoms with van der Waals surface area (Å²) in [6, 6.07) is 7.94. The third-order valence-electron chi connectivity index (χ3n) is 4.20. The Bertz CT molecular complexity index is 714. The number of nitrogens with one attached hydrogen (secondary N) is 1. The molecule has 3 N–H and O–H groups in total. The van der Waals surface area contributed by atoms with Gasteiger partial charge in [0.15, 0.2) is 5.69 Å². The van der Waals surface area contributed by atoms with Gasteiger partial charge in [-0.15, -0.1) is 12.4 Å². The summed E-state index contributed by atoms with van der Waals surface area (Å²) < 4.78 is 2.94. The van der Waals surface area contributed by atoms with Gasteiger partial charge in [0.1, 0.15) is 0 Å². The molecular formula is C17H22BrClN4O. The molecule has 3 rings (SSSR count). The summed E-state index contributed by atoms with van der Waals surface area (Å²) in [6.07, 6.45) is 4.10. The van der Waals surface area contributed by atoms with E-state index in [1.165, 1.54) is 0 Å². The van der Waals surface area contributed by atoms with Crippen LogP contribution in [0.5, 0.6) is 0 Å². The van der Waals surface area contributed by atoms with Crippen molar-refractivity contribution >= 4 is 34.2 Å². The SMILES string of the molecule is C[C@@H](CN)NC(=O)c1nn(-c2ccc(Br)cc2)c2c1CCCC2.Cl. The zero-order valence-electron chi connectivity index (χ0n) is 13.6. The number of nitrogens with two attached hydrogens (primary N) is 1. The summed E-state index contributed by atoms with van der Waals surface area (Å²) in [5.74, 6) is -0.128. The minimum absolute atomic E-state index is 0. The molecule has 0 unspecified atom stereocenters. The van der Waals surface area contributed by atoms with E-state index in [4.69, 9.17) is 5.73 Å². The number of benzene rings is 1. The maximum Gasteiger partial charge on any atom is 0.272 e. The van der Waals surface area contributed by atoms with Gasteiger partial charge in [0.2, 0.25) is 0 Å². The zero-order valence-corrected chi connectivity index (χ0v) is 16.0. The summed E-state index contributed by atoms with van der Waals surface area (Å²) in [7, 11) is 0. The number of carbonyl (C=O) groups is 1. The first-order valence-electron chi connectivity index (χ1n) is 7.97. The van der Waals surface area contributed by atoms with E-state index in [1.807, 2.05) is 35.9 Å². The van der Waals surface area contributed by atoms with Crippen LogP contribution in [0.25, 0.3) is 5.69 Å². The Kier molecular flexibility index (Phi) is 6.43. The number of fused-ring (bicyclic) bond motifs is 1. The van der Waals surface area contributed by atoms with E-state index < -0.39 is 0 Å². The highest BCUT2D eigenvalue weighted by Crippen LogP contribution is 2.27. The highest BCUT2D eigenvalue weighted by molar-refractivity contribution is 9.10. The average Bonchev–Trinajstić information content (AvgIpc) is 2.95. The molecule has 0 spiro atoms. The molecular weight excluding hydrogens is 392 g/mol. The van der Waals surface area contributed by atoms with Crippen molar-refractivity contribution in [1.82, 2.24) is 15.1 Å². The molecule has 1 aliphatic rings. The van der Waals surface area contributed by atoms with Crippen LogP contribution in [-0.2, 0) is 12.8 Å². The monoisotopic (exact) mass is 412 g/mol. The van der Waals surface area contributed by atoms with Gasteiger partial charge in [0.05, 0.1) is 5.69 Å². The minimum Gasteiger partial charge on any atom is -0.347 e. The topological polar surface area (TPSA) is 72.9 Å². The Balaban J connectivity index is 0.00000208. The van der Waals surface area contributed by atoms with Crippen molar-refractivity contribution in [3.63, 3.8) is 0 Å². The highest BCUT2D eigenvalue weighted by atomic mass is 79.9. The molecule has 130 valence electrons. The Hall–Kier alpha value is -1.37. The largest absolute Gasteiger partial charge is 0.347 e. The quantitative estimate of drug-likeness (QED) is 0.809. The third-order valence-corrected chi connectivity index (χ3v) is 4.73. The summed E-state index contributed by atoms with van der Waals surface area (Å²) >= 11 is 3.45. The number of aromatic nitrogens is 2. The number of amides is 1. The summed E-state index contributed by atoms with van der Waals surface area (Å²) in [5, 5.41) is 7.55. The number of nitrogens with zero attached hydrogens (tertiary/aromatic N) is 2. The molecule has 1 aliphatic carbocycles. The molecule has 1 amide bonds. The fraction of sp³-hybridized carbons (Fsp3) is 0.412. The Labute approximate surface area is 156 Å². The molecule has 1 aromatic heterocycles. The van der Waals surface area contributed by atoms with Crippen LogP contribution in [0.1, 0.15) is 41.5 Å². The lowest BCUT2D eigenvalue weighted by atomic mass is 9.95. The van der Waals surface area contributed by atoms with Crippen molar-refractivity contribution in [1.29, 1.82) is 0 Å². The summed E-state index contributed by atoms with van der Waals surface area (Å²) in [5.41, 5.74) is 9.37. The summed E-state index contributed by atoms with van der Waals surface area (Å²) in [4.78, 5) is 12.5. The second-order valence-electron chi connectivity index (χ2n) is 5.98. The van der Waals surface area contributed by atoms with Crippen molar-refractivity contribution in [3.05, 3.63) is 45.7 Å². The molecule has 0 bridgehead atoms. The van der Waals surface area contributed by atoms with Crippen LogP contribution in [0.2, 0.25) is 0 Å². The molecule has 1 heterocycles. The summed E-state index contributed by atoms with van der Waals surface area (Å²) in [6.45, 7) is 2.32. The molecule has 0 radical (unpaired) electrons. The maximum atomic E-state index is 12.5. The third kappa shape index (κ3) is 3.82. The standard InChI is InChI=1S/C17H21BrN4O.ClH/c1-11(10-19)20-17(23)16-14-4-2-3-5-15(14)22(21-16)13-8-6-12(18)7-9-13;/h6-9,11H,2-5,10,19H2,1H3,(H,20,23);1H/t11-;/m0./s1. The van der Waals surface area contributed by atoms with Gasteiger partial charge in [-0.2, -0.15) is 5.10 Å². The lowest BCUT2D eigenvalue weighted by molar-refractivity contribution is 0.0935. The van der Waals surface area contributed by atoms with Crippen molar-refractivity contribution in [2.75, 3.05) is 6.54 Å². The van der Waals surface area contributed by atoms with E-state index in [-0.39, 0.29) is 24.4 Å². The molecule has 0 fully saturated rings. The zero-order chi connectivity index (χ0) is 16.4. The molecule has 5 nitrogen and oxygen atoms in total. The second-order valence-corrected chi connectivity index (χ2v) is 6.90. The van der Waals surface area contributed by atoms with E-state index in [9.17, 15) is 4.79 Å². The van der Waals surface area contributed by atoms with Gasteiger partial charge >= 0.3 is 0 Å². The van der Waals surface area contributed by atoms with Crippen LogP contribution in [0.4, 0.5) is 0 Å². The molecule has 7 heteroatoms. The van der Waals surface area contributed by atoms with Crippen LogP contribution >= 0.6 is 28.3 Å². The smallest absolute Gasteiger partial charge is 0.272 e. The highest BCUT2D eigenvalue weighted by Gasteiger charge is 2.26. The van der Waals surface area contributed by atoms with Gasteiger partial charge in [0, 0.05) is 28.3 Å². The van der Waals surface area contributed by atoms with Gasteiger partial charge in [0.25, 0.3) is 5.91 Å². The first-order chi connectivity index (χ1) is 11.1. The number of hydrogen-bond donors (Lipinski definition) is 2. The van der Waals surface area contributed by atoms with E-state index in [2.05, 4.69) is 26.3 Å². The lowest BCUT2D eigenvalue weighted by Crippen LogP contribution is -2.38.